The van der Waals surface area contributed by atoms with Crippen molar-refractivity contribution < 1.29 is 9.53 Å². The fourth-order valence-electron chi connectivity index (χ4n) is 3.92. The molecule has 0 unspecified atom stereocenters. The van der Waals surface area contributed by atoms with Gasteiger partial charge in [-0.3, -0.25) is 14.0 Å². The van der Waals surface area contributed by atoms with Gasteiger partial charge < -0.3 is 4.74 Å². The van der Waals surface area contributed by atoms with Crippen LogP contribution in [-0.2, 0) is 0 Å². The van der Waals surface area contributed by atoms with Crippen molar-refractivity contribution in [2.75, 3.05) is 12.9 Å². The molecule has 0 aliphatic rings. The Kier molecular flexibility index (Phi) is 5.67. The summed E-state index contributed by atoms with van der Waals surface area (Å²) in [5, 5.41) is 9.77. The van der Waals surface area contributed by atoms with E-state index in [2.05, 4.69) is 10.2 Å². The Morgan fingerprint density at radius 1 is 0.971 bits per heavy atom. The van der Waals surface area contributed by atoms with Gasteiger partial charge in [0.25, 0.3) is 5.56 Å². The number of hydrogen-bond donors (Lipinski definition) is 0. The van der Waals surface area contributed by atoms with Gasteiger partial charge in [0.05, 0.1) is 29.5 Å². The third-order valence-electron chi connectivity index (χ3n) is 5.68. The molecule has 0 aliphatic heterocycles. The molecule has 170 valence electrons. The third kappa shape index (κ3) is 3.76. The number of benzene rings is 3. The monoisotopic (exact) mass is 470 g/mol. The first-order valence-corrected chi connectivity index (χ1v) is 11.7. The van der Waals surface area contributed by atoms with Gasteiger partial charge in [0.1, 0.15) is 5.75 Å². The average Bonchev–Trinajstić information content (AvgIpc) is 3.27. The SMILES string of the molecule is COc1ccc(C)cc1-n1c(=O)c2ccccc2n2c(SCC(=O)c3ccc(C)cc3)nnc12. The van der Waals surface area contributed by atoms with Gasteiger partial charge in [0, 0.05) is 5.56 Å². The molecule has 34 heavy (non-hydrogen) atoms. The molecular formula is C26H22N4O3S. The van der Waals surface area contributed by atoms with Gasteiger partial charge >= 0.3 is 0 Å². The van der Waals surface area contributed by atoms with Crippen LogP contribution in [0.3, 0.4) is 0 Å². The normalized spacial score (nSPS) is 11.3. The molecule has 7 nitrogen and oxygen atoms in total. The predicted molar refractivity (Wildman–Crippen MR) is 134 cm³/mol. The number of methoxy groups -OCH3 is 1. The Hall–Kier alpha value is -3.91. The number of nitrogens with zero attached hydrogens (tertiary/aromatic N) is 4. The van der Waals surface area contributed by atoms with Crippen LogP contribution < -0.4 is 10.3 Å². The predicted octanol–water partition coefficient (Wildman–Crippen LogP) is 4.63. The number of rotatable bonds is 6. The van der Waals surface area contributed by atoms with Gasteiger partial charge in [0.15, 0.2) is 10.9 Å². The molecule has 0 bridgehead atoms. The van der Waals surface area contributed by atoms with E-state index in [-0.39, 0.29) is 17.1 Å². The summed E-state index contributed by atoms with van der Waals surface area (Å²) < 4.78 is 8.89. The molecular weight excluding hydrogens is 448 g/mol. The molecule has 5 aromatic rings. The van der Waals surface area contributed by atoms with E-state index in [4.69, 9.17) is 4.74 Å². The zero-order valence-electron chi connectivity index (χ0n) is 19.0. The number of ether oxygens (including phenoxy) is 1. The molecule has 5 rings (SSSR count). The van der Waals surface area contributed by atoms with Crippen LogP contribution in [-0.4, -0.2) is 37.8 Å². The van der Waals surface area contributed by atoms with E-state index < -0.39 is 0 Å². The van der Waals surface area contributed by atoms with E-state index in [1.807, 2.05) is 78.9 Å². The molecule has 0 radical (unpaired) electrons. The maximum Gasteiger partial charge on any atom is 0.267 e. The second-order valence-electron chi connectivity index (χ2n) is 8.03. The smallest absolute Gasteiger partial charge is 0.267 e. The summed E-state index contributed by atoms with van der Waals surface area (Å²) in [6.45, 7) is 3.94. The Morgan fingerprint density at radius 3 is 2.47 bits per heavy atom. The van der Waals surface area contributed by atoms with E-state index >= 15 is 0 Å². The van der Waals surface area contributed by atoms with Crippen LogP contribution in [0.2, 0.25) is 0 Å². The molecule has 0 N–H and O–H groups in total. The molecule has 0 spiro atoms. The minimum absolute atomic E-state index is 0.000250. The molecule has 0 fully saturated rings. The third-order valence-corrected chi connectivity index (χ3v) is 6.60. The first-order chi connectivity index (χ1) is 16.5. The van der Waals surface area contributed by atoms with Crippen molar-refractivity contribution in [3.63, 3.8) is 0 Å². The highest BCUT2D eigenvalue weighted by atomic mass is 32.2. The van der Waals surface area contributed by atoms with Crippen molar-refractivity contribution in [3.05, 3.63) is 93.8 Å². The number of carbonyl (C=O) groups is 1. The molecule has 3 aromatic carbocycles. The highest BCUT2D eigenvalue weighted by Crippen LogP contribution is 2.28. The number of ketones is 1. The second kappa shape index (κ2) is 8.79. The average molecular weight is 471 g/mol. The van der Waals surface area contributed by atoms with Gasteiger partial charge in [-0.2, -0.15) is 0 Å². The number of aryl methyl sites for hydroxylation is 2. The van der Waals surface area contributed by atoms with E-state index in [0.717, 1.165) is 11.1 Å². The first kappa shape index (κ1) is 21.9. The fraction of sp³-hybridized carbons (Fsp3) is 0.154. The highest BCUT2D eigenvalue weighted by Gasteiger charge is 2.20. The molecule has 2 heterocycles. The van der Waals surface area contributed by atoms with Crippen molar-refractivity contribution in [1.29, 1.82) is 0 Å². The van der Waals surface area contributed by atoms with Crippen LogP contribution in [0.25, 0.3) is 22.4 Å². The second-order valence-corrected chi connectivity index (χ2v) is 8.97. The van der Waals surface area contributed by atoms with Crippen LogP contribution in [0.15, 0.2) is 76.7 Å². The summed E-state index contributed by atoms with van der Waals surface area (Å²) in [4.78, 5) is 26.3. The molecule has 0 aliphatic carbocycles. The molecule has 0 atom stereocenters. The summed E-state index contributed by atoms with van der Waals surface area (Å²) in [5.74, 6) is 1.11. The number of aromatic nitrogens is 4. The topological polar surface area (TPSA) is 78.5 Å². The first-order valence-electron chi connectivity index (χ1n) is 10.7. The molecule has 0 amide bonds. The largest absolute Gasteiger partial charge is 0.495 e. The Balaban J connectivity index is 1.67. The van der Waals surface area contributed by atoms with E-state index in [0.29, 0.717) is 38.8 Å². The van der Waals surface area contributed by atoms with Crippen molar-refractivity contribution >= 4 is 34.2 Å². The van der Waals surface area contributed by atoms with Crippen molar-refractivity contribution in [2.24, 2.45) is 0 Å². The Labute approximate surface area is 200 Å². The molecule has 0 saturated carbocycles. The summed E-state index contributed by atoms with van der Waals surface area (Å²) >= 11 is 1.29. The van der Waals surface area contributed by atoms with Gasteiger partial charge in [0.2, 0.25) is 5.78 Å². The summed E-state index contributed by atoms with van der Waals surface area (Å²) in [6.07, 6.45) is 0. The van der Waals surface area contributed by atoms with Crippen molar-refractivity contribution in [3.8, 4) is 11.4 Å². The zero-order valence-corrected chi connectivity index (χ0v) is 19.8. The van der Waals surface area contributed by atoms with Crippen LogP contribution >= 0.6 is 11.8 Å². The molecule has 2 aromatic heterocycles. The maximum absolute atomic E-state index is 13.6. The number of carbonyl (C=O) groups excluding carboxylic acids is 1. The summed E-state index contributed by atoms with van der Waals surface area (Å²) in [5.41, 5.74) is 3.78. The van der Waals surface area contributed by atoms with Crippen molar-refractivity contribution in [2.45, 2.75) is 19.0 Å². The lowest BCUT2D eigenvalue weighted by Crippen LogP contribution is -2.22. The van der Waals surface area contributed by atoms with Crippen molar-refractivity contribution in [1.82, 2.24) is 19.2 Å². The number of thioether (sulfide) groups is 1. The Bertz CT molecular complexity index is 1600. The van der Waals surface area contributed by atoms with Crippen LogP contribution in [0.4, 0.5) is 0 Å². The lowest BCUT2D eigenvalue weighted by atomic mass is 10.1. The standard InChI is InChI=1S/C26H22N4O3S/c1-16-8-11-18(12-9-16)22(31)15-34-26-28-27-25-29(21-14-17(2)10-13-23(21)33-3)24(32)19-6-4-5-7-20(19)30(25)26/h4-14H,15H2,1-3H3. The fourth-order valence-corrected chi connectivity index (χ4v) is 4.75. The molecule has 8 heteroatoms. The maximum atomic E-state index is 13.6. The van der Waals surface area contributed by atoms with E-state index in [9.17, 15) is 9.59 Å². The van der Waals surface area contributed by atoms with Gasteiger partial charge in [-0.15, -0.1) is 10.2 Å². The van der Waals surface area contributed by atoms with Gasteiger partial charge in [-0.25, -0.2) is 4.57 Å². The number of Topliss-reactive ketones (excluding diaryl/α,β-unsaturated/α-hetero) is 1. The molecule has 0 saturated heterocycles. The van der Waals surface area contributed by atoms with Crippen LogP contribution in [0.5, 0.6) is 5.75 Å². The zero-order chi connectivity index (χ0) is 23.8. The van der Waals surface area contributed by atoms with Gasteiger partial charge in [-0.1, -0.05) is 59.8 Å². The van der Waals surface area contributed by atoms with Crippen LogP contribution in [0, 0.1) is 13.8 Å². The number of fused-ring (bicyclic) bond motifs is 3. The number of hydrogen-bond acceptors (Lipinski definition) is 6. The van der Waals surface area contributed by atoms with E-state index in [1.54, 1.807) is 13.2 Å². The lowest BCUT2D eigenvalue weighted by molar-refractivity contribution is 0.102. The van der Waals surface area contributed by atoms with Gasteiger partial charge in [-0.05, 0) is 43.7 Å². The summed E-state index contributed by atoms with van der Waals surface area (Å²) in [6, 6.07) is 20.5. The number of para-hydroxylation sites is 1. The minimum atomic E-state index is -0.216. The quantitative estimate of drug-likeness (QED) is 0.266. The minimum Gasteiger partial charge on any atom is -0.495 e. The highest BCUT2D eigenvalue weighted by molar-refractivity contribution is 7.99. The lowest BCUT2D eigenvalue weighted by Gasteiger charge is -2.14. The van der Waals surface area contributed by atoms with Crippen LogP contribution in [0.1, 0.15) is 21.5 Å². The van der Waals surface area contributed by atoms with E-state index in [1.165, 1.54) is 16.3 Å². The Morgan fingerprint density at radius 2 is 1.71 bits per heavy atom. The summed E-state index contributed by atoms with van der Waals surface area (Å²) in [7, 11) is 1.57.